The number of halogens is 1. The summed E-state index contributed by atoms with van der Waals surface area (Å²) in [6.07, 6.45) is 5.47. The van der Waals surface area contributed by atoms with E-state index in [9.17, 15) is 9.18 Å². The van der Waals surface area contributed by atoms with Crippen molar-refractivity contribution in [3.63, 3.8) is 0 Å². The van der Waals surface area contributed by atoms with Crippen molar-refractivity contribution in [2.45, 2.75) is 44.7 Å². The molecule has 24 heavy (non-hydrogen) atoms. The number of carbonyl (C=O) groups excluding carboxylic acids is 1. The molecule has 4 rings (SSSR count). The van der Waals surface area contributed by atoms with Crippen LogP contribution in [0, 0.1) is 11.2 Å². The van der Waals surface area contributed by atoms with E-state index in [1.54, 1.807) is 11.5 Å². The minimum Gasteiger partial charge on any atom is -0.380 e. The number of carbonyl (C=O) groups is 1. The molecular formula is C18H23FN2O3. The highest BCUT2D eigenvalue weighted by molar-refractivity contribution is 5.93. The van der Waals surface area contributed by atoms with Crippen LogP contribution in [0.15, 0.2) is 12.1 Å². The van der Waals surface area contributed by atoms with E-state index in [0.717, 1.165) is 44.6 Å². The molecule has 1 aromatic rings. The Bertz CT molecular complexity index is 650. The molecule has 1 aromatic carbocycles. The van der Waals surface area contributed by atoms with Crippen LogP contribution >= 0.6 is 0 Å². The Morgan fingerprint density at radius 2 is 2.08 bits per heavy atom. The average Bonchev–Trinajstić information content (AvgIpc) is 2.59. The lowest BCUT2D eigenvalue weighted by Gasteiger charge is -2.48. The monoisotopic (exact) mass is 334 g/mol. The smallest absolute Gasteiger partial charge is 0.274 e. The van der Waals surface area contributed by atoms with E-state index in [4.69, 9.17) is 9.94 Å². The van der Waals surface area contributed by atoms with Crippen LogP contribution in [0.4, 0.5) is 4.39 Å². The van der Waals surface area contributed by atoms with Crippen molar-refractivity contribution < 1.29 is 19.1 Å². The van der Waals surface area contributed by atoms with Crippen molar-refractivity contribution in [3.8, 4) is 0 Å². The predicted octanol–water partition coefficient (Wildman–Crippen LogP) is 2.26. The Balaban J connectivity index is 1.47. The molecule has 0 radical (unpaired) electrons. The van der Waals surface area contributed by atoms with Gasteiger partial charge in [0.2, 0.25) is 0 Å². The molecule has 0 bridgehead atoms. The second-order valence-corrected chi connectivity index (χ2v) is 7.48. The van der Waals surface area contributed by atoms with Gasteiger partial charge in [0.1, 0.15) is 5.82 Å². The maximum atomic E-state index is 14.5. The fourth-order valence-electron chi connectivity index (χ4n) is 4.41. The predicted molar refractivity (Wildman–Crippen MR) is 85.3 cm³/mol. The molecule has 130 valence electrons. The molecule has 1 aliphatic carbocycles. The highest BCUT2D eigenvalue weighted by Crippen LogP contribution is 2.44. The number of hydrogen-bond acceptors (Lipinski definition) is 4. The van der Waals surface area contributed by atoms with E-state index in [-0.39, 0.29) is 11.4 Å². The number of rotatable bonds is 2. The van der Waals surface area contributed by atoms with Gasteiger partial charge in [0.05, 0.1) is 13.2 Å². The quantitative estimate of drug-likeness (QED) is 0.643. The molecule has 1 amide bonds. The molecule has 2 fully saturated rings. The molecule has 3 aliphatic rings. The SMILES string of the molecule is O=C(NO)c1cc(F)c2c(c1)CCN(C1CCC3(CC1)COC3)C2. The van der Waals surface area contributed by atoms with Crippen molar-refractivity contribution in [2.24, 2.45) is 5.41 Å². The Morgan fingerprint density at radius 1 is 1.33 bits per heavy atom. The lowest BCUT2D eigenvalue weighted by atomic mass is 9.70. The van der Waals surface area contributed by atoms with Crippen LogP contribution in [0.5, 0.6) is 0 Å². The lowest BCUT2D eigenvalue weighted by molar-refractivity contribution is -0.138. The van der Waals surface area contributed by atoms with Gasteiger partial charge in [0.25, 0.3) is 5.91 Å². The van der Waals surface area contributed by atoms with Crippen LogP contribution in [0.2, 0.25) is 0 Å². The van der Waals surface area contributed by atoms with Crippen molar-refractivity contribution in [3.05, 3.63) is 34.6 Å². The summed E-state index contributed by atoms with van der Waals surface area (Å²) >= 11 is 0. The van der Waals surface area contributed by atoms with Crippen molar-refractivity contribution in [2.75, 3.05) is 19.8 Å². The summed E-state index contributed by atoms with van der Waals surface area (Å²) < 4.78 is 19.8. The molecule has 5 nitrogen and oxygen atoms in total. The summed E-state index contributed by atoms with van der Waals surface area (Å²) in [5, 5.41) is 8.72. The van der Waals surface area contributed by atoms with Gasteiger partial charge in [-0.05, 0) is 49.8 Å². The standard InChI is InChI=1S/C18H23FN2O3/c19-16-8-13(17(22)20-23)7-12-3-6-21(9-15(12)16)14-1-4-18(5-2-14)10-24-11-18/h7-8,14,23H,1-6,9-11H2,(H,20,22). The van der Waals surface area contributed by atoms with Crippen molar-refractivity contribution >= 4 is 5.91 Å². The summed E-state index contributed by atoms with van der Waals surface area (Å²) in [5.74, 6) is -1.02. The Morgan fingerprint density at radius 3 is 2.71 bits per heavy atom. The second kappa shape index (κ2) is 6.10. The van der Waals surface area contributed by atoms with Crippen LogP contribution in [-0.4, -0.2) is 41.8 Å². The van der Waals surface area contributed by atoms with Gasteiger partial charge < -0.3 is 4.74 Å². The lowest BCUT2D eigenvalue weighted by Crippen LogP contribution is -2.50. The van der Waals surface area contributed by atoms with Crippen LogP contribution < -0.4 is 5.48 Å². The van der Waals surface area contributed by atoms with Gasteiger partial charge in [0.15, 0.2) is 0 Å². The average molecular weight is 334 g/mol. The van der Waals surface area contributed by atoms with Gasteiger partial charge in [-0.2, -0.15) is 0 Å². The molecule has 1 saturated carbocycles. The van der Waals surface area contributed by atoms with Gasteiger partial charge in [-0.3, -0.25) is 14.9 Å². The Hall–Kier alpha value is -1.50. The van der Waals surface area contributed by atoms with Gasteiger partial charge in [-0.1, -0.05) is 0 Å². The van der Waals surface area contributed by atoms with Crippen LogP contribution in [0.1, 0.15) is 47.2 Å². The third kappa shape index (κ3) is 2.72. The zero-order valence-corrected chi connectivity index (χ0v) is 13.7. The zero-order valence-electron chi connectivity index (χ0n) is 13.7. The first-order chi connectivity index (χ1) is 11.6. The summed E-state index contributed by atoms with van der Waals surface area (Å²) in [4.78, 5) is 13.9. The molecule has 0 unspecified atom stereocenters. The number of nitrogens with one attached hydrogen (secondary N) is 1. The van der Waals surface area contributed by atoms with E-state index in [0.29, 0.717) is 23.6 Å². The first-order valence-electron chi connectivity index (χ1n) is 8.68. The van der Waals surface area contributed by atoms with E-state index < -0.39 is 5.91 Å². The molecule has 2 N–H and O–H groups in total. The third-order valence-electron chi connectivity index (χ3n) is 6.03. The van der Waals surface area contributed by atoms with Gasteiger partial charge in [0, 0.05) is 35.7 Å². The molecule has 0 atom stereocenters. The van der Waals surface area contributed by atoms with Gasteiger partial charge >= 0.3 is 0 Å². The number of nitrogens with zero attached hydrogens (tertiary/aromatic N) is 1. The highest BCUT2D eigenvalue weighted by Gasteiger charge is 2.42. The third-order valence-corrected chi connectivity index (χ3v) is 6.03. The topological polar surface area (TPSA) is 61.8 Å². The van der Waals surface area contributed by atoms with Gasteiger partial charge in [-0.15, -0.1) is 0 Å². The first kappa shape index (κ1) is 16.0. The maximum absolute atomic E-state index is 14.5. The van der Waals surface area contributed by atoms with E-state index in [2.05, 4.69) is 4.90 Å². The second-order valence-electron chi connectivity index (χ2n) is 7.48. The minimum atomic E-state index is -0.667. The first-order valence-corrected chi connectivity index (χ1v) is 8.68. The minimum absolute atomic E-state index is 0.173. The summed E-state index contributed by atoms with van der Waals surface area (Å²) in [5.41, 5.74) is 3.75. The number of hydrogen-bond donors (Lipinski definition) is 2. The number of hydroxylamine groups is 1. The molecule has 2 heterocycles. The number of ether oxygens (including phenoxy) is 1. The summed E-state index contributed by atoms with van der Waals surface area (Å²) in [6.45, 7) is 3.32. The molecule has 1 saturated heterocycles. The molecule has 6 heteroatoms. The fraction of sp³-hybridized carbons (Fsp3) is 0.611. The molecule has 2 aliphatic heterocycles. The summed E-state index contributed by atoms with van der Waals surface area (Å²) in [7, 11) is 0. The number of fused-ring (bicyclic) bond motifs is 1. The fourth-order valence-corrected chi connectivity index (χ4v) is 4.41. The van der Waals surface area contributed by atoms with E-state index in [1.165, 1.54) is 18.9 Å². The Kier molecular flexibility index (Phi) is 4.06. The number of benzene rings is 1. The maximum Gasteiger partial charge on any atom is 0.274 e. The van der Waals surface area contributed by atoms with Crippen molar-refractivity contribution in [1.82, 2.24) is 10.4 Å². The summed E-state index contributed by atoms with van der Waals surface area (Å²) in [6, 6.07) is 3.43. The van der Waals surface area contributed by atoms with Crippen LogP contribution in [0.3, 0.4) is 0 Å². The van der Waals surface area contributed by atoms with Crippen LogP contribution in [-0.2, 0) is 17.7 Å². The highest BCUT2D eigenvalue weighted by atomic mass is 19.1. The Labute approximate surface area is 140 Å². The largest absolute Gasteiger partial charge is 0.380 e. The van der Waals surface area contributed by atoms with Crippen LogP contribution in [0.25, 0.3) is 0 Å². The molecule has 1 spiro atoms. The van der Waals surface area contributed by atoms with E-state index >= 15 is 0 Å². The molecule has 0 aromatic heterocycles. The number of amides is 1. The zero-order chi connectivity index (χ0) is 16.7. The van der Waals surface area contributed by atoms with Crippen molar-refractivity contribution in [1.29, 1.82) is 0 Å². The normalized spacial score (nSPS) is 23.6. The molecular weight excluding hydrogens is 311 g/mol. The van der Waals surface area contributed by atoms with E-state index in [1.807, 2.05) is 0 Å². The van der Waals surface area contributed by atoms with Gasteiger partial charge in [-0.25, -0.2) is 9.87 Å².